The third kappa shape index (κ3) is 3.49. The number of hydrogen-bond donors (Lipinski definition) is 2. The summed E-state index contributed by atoms with van der Waals surface area (Å²) >= 11 is 5.94. The zero-order chi connectivity index (χ0) is 14.5. The van der Waals surface area contributed by atoms with Gasteiger partial charge in [0.05, 0.1) is 25.1 Å². The summed E-state index contributed by atoms with van der Waals surface area (Å²) in [5.74, 6) is 0.888. The summed E-state index contributed by atoms with van der Waals surface area (Å²) in [6.45, 7) is 0.255. The molecule has 0 spiro atoms. The fourth-order valence-corrected chi connectivity index (χ4v) is 1.87. The minimum absolute atomic E-state index is 0.255. The summed E-state index contributed by atoms with van der Waals surface area (Å²) in [5, 5.41) is 3.52. The summed E-state index contributed by atoms with van der Waals surface area (Å²) in [6, 6.07) is 6.50. The Kier molecular flexibility index (Phi) is 4.60. The molecular weight excluding hydrogens is 282 g/mol. The molecule has 1 heterocycles. The third-order valence-corrected chi connectivity index (χ3v) is 2.74. The number of rotatable bonds is 5. The van der Waals surface area contributed by atoms with Gasteiger partial charge in [-0.2, -0.15) is 0 Å². The minimum atomic E-state index is -0.268. The van der Waals surface area contributed by atoms with E-state index in [1.807, 2.05) is 0 Å². The molecule has 0 unspecified atom stereocenters. The summed E-state index contributed by atoms with van der Waals surface area (Å²) in [5.41, 5.74) is 0.869. The lowest BCUT2D eigenvalue weighted by atomic mass is 10.3. The molecule has 0 bridgehead atoms. The Hall–Kier alpha value is -2.05. The van der Waals surface area contributed by atoms with Gasteiger partial charge in [0.25, 0.3) is 5.56 Å². The monoisotopic (exact) mass is 295 g/mol. The van der Waals surface area contributed by atoms with E-state index < -0.39 is 0 Å². The van der Waals surface area contributed by atoms with Crippen LogP contribution in [0.2, 0.25) is 5.02 Å². The average Bonchev–Trinajstić information content (AvgIpc) is 2.38. The van der Waals surface area contributed by atoms with Gasteiger partial charge in [0.15, 0.2) is 0 Å². The van der Waals surface area contributed by atoms with E-state index in [1.54, 1.807) is 25.3 Å². The molecule has 0 aliphatic rings. The maximum absolute atomic E-state index is 11.5. The molecule has 2 N–H and O–H groups in total. The van der Waals surface area contributed by atoms with Crippen molar-refractivity contribution in [3.8, 4) is 5.75 Å². The number of ether oxygens (including phenoxy) is 2. The Bertz CT molecular complexity index is 658. The fourth-order valence-electron chi connectivity index (χ4n) is 1.69. The van der Waals surface area contributed by atoms with Crippen molar-refractivity contribution in [2.24, 2.45) is 0 Å². The van der Waals surface area contributed by atoms with Gasteiger partial charge in [-0.25, -0.2) is 4.98 Å². The largest absolute Gasteiger partial charge is 0.495 e. The van der Waals surface area contributed by atoms with E-state index >= 15 is 0 Å². The highest BCUT2D eigenvalue weighted by Crippen LogP contribution is 2.29. The van der Waals surface area contributed by atoms with E-state index in [4.69, 9.17) is 21.1 Å². The molecule has 0 atom stereocenters. The van der Waals surface area contributed by atoms with Crippen LogP contribution < -0.4 is 15.6 Å². The highest BCUT2D eigenvalue weighted by Gasteiger charge is 2.07. The number of halogens is 1. The summed E-state index contributed by atoms with van der Waals surface area (Å²) in [7, 11) is 3.09. The Morgan fingerprint density at radius 2 is 2.15 bits per heavy atom. The average molecular weight is 296 g/mol. The molecule has 0 aliphatic carbocycles. The maximum atomic E-state index is 11.5. The summed E-state index contributed by atoms with van der Waals surface area (Å²) in [4.78, 5) is 18.4. The van der Waals surface area contributed by atoms with E-state index in [0.717, 1.165) is 0 Å². The van der Waals surface area contributed by atoms with Gasteiger partial charge in [-0.15, -0.1) is 0 Å². The van der Waals surface area contributed by atoms with E-state index in [1.165, 1.54) is 13.2 Å². The molecule has 2 aromatic rings. The number of nitrogens with zero attached hydrogens (tertiary/aromatic N) is 1. The van der Waals surface area contributed by atoms with E-state index in [-0.39, 0.29) is 12.2 Å². The van der Waals surface area contributed by atoms with Gasteiger partial charge in [-0.1, -0.05) is 11.6 Å². The van der Waals surface area contributed by atoms with Crippen molar-refractivity contribution in [3.63, 3.8) is 0 Å². The predicted octanol–water partition coefficient (Wildman–Crippen LogP) is 2.32. The quantitative estimate of drug-likeness (QED) is 0.885. The highest BCUT2D eigenvalue weighted by atomic mass is 35.5. The number of aromatic nitrogens is 2. The number of nitrogens with one attached hydrogen (secondary N) is 2. The SMILES string of the molecule is COCc1cc(=O)[nH]c(Nc2cc(Cl)ccc2OC)n1. The lowest BCUT2D eigenvalue weighted by Gasteiger charge is -2.11. The molecule has 106 valence electrons. The summed E-state index contributed by atoms with van der Waals surface area (Å²) < 4.78 is 10.2. The van der Waals surface area contributed by atoms with Crippen molar-refractivity contribution in [2.45, 2.75) is 6.61 Å². The molecule has 0 saturated heterocycles. The van der Waals surface area contributed by atoms with Crippen molar-refractivity contribution >= 4 is 23.2 Å². The lowest BCUT2D eigenvalue weighted by Crippen LogP contribution is -2.12. The first-order valence-corrected chi connectivity index (χ1v) is 6.20. The molecule has 0 fully saturated rings. The standard InChI is InChI=1S/C13H14ClN3O3/c1-19-7-9-6-12(18)17-13(15-9)16-10-5-8(14)3-4-11(10)20-2/h3-6H,7H2,1-2H3,(H2,15,16,17,18). The van der Waals surface area contributed by atoms with Crippen LogP contribution in [0.15, 0.2) is 29.1 Å². The number of benzene rings is 1. The predicted molar refractivity (Wildman–Crippen MR) is 76.9 cm³/mol. The number of methoxy groups -OCH3 is 2. The van der Waals surface area contributed by atoms with Gasteiger partial charge in [-0.05, 0) is 18.2 Å². The Labute approximate surface area is 120 Å². The van der Waals surface area contributed by atoms with Gasteiger partial charge < -0.3 is 14.8 Å². The number of anilines is 2. The number of hydrogen-bond acceptors (Lipinski definition) is 5. The van der Waals surface area contributed by atoms with Gasteiger partial charge >= 0.3 is 0 Å². The number of aromatic amines is 1. The molecule has 0 saturated carbocycles. The van der Waals surface area contributed by atoms with Gasteiger partial charge in [0.1, 0.15) is 5.75 Å². The highest BCUT2D eigenvalue weighted by molar-refractivity contribution is 6.30. The van der Waals surface area contributed by atoms with Crippen LogP contribution in [0.25, 0.3) is 0 Å². The van der Waals surface area contributed by atoms with Crippen molar-refractivity contribution < 1.29 is 9.47 Å². The Balaban J connectivity index is 2.34. The van der Waals surface area contributed by atoms with Gasteiger partial charge in [0, 0.05) is 18.2 Å². The zero-order valence-corrected chi connectivity index (χ0v) is 11.8. The van der Waals surface area contributed by atoms with Crippen LogP contribution in [0.4, 0.5) is 11.6 Å². The molecule has 0 radical (unpaired) electrons. The van der Waals surface area contributed by atoms with Crippen LogP contribution >= 0.6 is 11.6 Å². The normalized spacial score (nSPS) is 10.3. The Morgan fingerprint density at radius 3 is 2.85 bits per heavy atom. The van der Waals surface area contributed by atoms with Crippen molar-refractivity contribution in [2.75, 3.05) is 19.5 Å². The topological polar surface area (TPSA) is 76.2 Å². The second-order valence-electron chi connectivity index (χ2n) is 3.99. The third-order valence-electron chi connectivity index (χ3n) is 2.50. The first kappa shape index (κ1) is 14.4. The van der Waals surface area contributed by atoms with Crippen LogP contribution in [0.3, 0.4) is 0 Å². The fraction of sp³-hybridized carbons (Fsp3) is 0.231. The van der Waals surface area contributed by atoms with Crippen LogP contribution in [-0.2, 0) is 11.3 Å². The van der Waals surface area contributed by atoms with Gasteiger partial charge in [0.2, 0.25) is 5.95 Å². The molecule has 20 heavy (non-hydrogen) atoms. The molecule has 1 aromatic carbocycles. The van der Waals surface area contributed by atoms with Crippen LogP contribution in [0.5, 0.6) is 5.75 Å². The molecule has 6 nitrogen and oxygen atoms in total. The molecule has 7 heteroatoms. The molecule has 2 rings (SSSR count). The molecule has 0 aliphatic heterocycles. The van der Waals surface area contributed by atoms with E-state index in [0.29, 0.717) is 28.1 Å². The maximum Gasteiger partial charge on any atom is 0.252 e. The minimum Gasteiger partial charge on any atom is -0.495 e. The van der Waals surface area contributed by atoms with E-state index in [9.17, 15) is 4.79 Å². The van der Waals surface area contributed by atoms with Crippen molar-refractivity contribution in [3.05, 3.63) is 45.3 Å². The first-order valence-electron chi connectivity index (χ1n) is 5.82. The van der Waals surface area contributed by atoms with Crippen LogP contribution in [0, 0.1) is 0 Å². The second kappa shape index (κ2) is 6.40. The van der Waals surface area contributed by atoms with Crippen molar-refractivity contribution in [1.82, 2.24) is 9.97 Å². The smallest absolute Gasteiger partial charge is 0.252 e. The van der Waals surface area contributed by atoms with Crippen molar-refractivity contribution in [1.29, 1.82) is 0 Å². The summed E-state index contributed by atoms with van der Waals surface area (Å²) in [6.07, 6.45) is 0. The number of H-pyrrole nitrogens is 1. The van der Waals surface area contributed by atoms with Crippen LogP contribution in [-0.4, -0.2) is 24.2 Å². The molecule has 0 amide bonds. The molecule has 1 aromatic heterocycles. The second-order valence-corrected chi connectivity index (χ2v) is 4.42. The zero-order valence-electron chi connectivity index (χ0n) is 11.1. The molecular formula is C13H14ClN3O3. The lowest BCUT2D eigenvalue weighted by molar-refractivity contribution is 0.181. The van der Waals surface area contributed by atoms with E-state index in [2.05, 4.69) is 15.3 Å². The van der Waals surface area contributed by atoms with Crippen LogP contribution in [0.1, 0.15) is 5.69 Å². The first-order chi connectivity index (χ1) is 9.62. The Morgan fingerprint density at radius 1 is 1.35 bits per heavy atom. The van der Waals surface area contributed by atoms with Gasteiger partial charge in [-0.3, -0.25) is 9.78 Å².